The van der Waals surface area contributed by atoms with Crippen LogP contribution in [-0.4, -0.2) is 43.0 Å². The second-order valence-corrected chi connectivity index (χ2v) is 7.16. The number of ether oxygens (including phenoxy) is 1. The molecule has 0 saturated heterocycles. The van der Waals surface area contributed by atoms with Crippen LogP contribution >= 0.6 is 11.8 Å². The van der Waals surface area contributed by atoms with Gasteiger partial charge in [-0.25, -0.2) is 4.39 Å². The predicted molar refractivity (Wildman–Crippen MR) is 110 cm³/mol. The van der Waals surface area contributed by atoms with E-state index in [1.165, 1.54) is 12.1 Å². The molecule has 0 aliphatic heterocycles. The van der Waals surface area contributed by atoms with Crippen molar-refractivity contribution in [2.45, 2.75) is 18.9 Å². The molecular weight excluding hydrogens is 379 g/mol. The van der Waals surface area contributed by atoms with E-state index in [-0.39, 0.29) is 24.2 Å². The molecule has 0 spiro atoms. The fourth-order valence-electron chi connectivity index (χ4n) is 2.51. The summed E-state index contributed by atoms with van der Waals surface area (Å²) >= 11 is 1.61. The number of halogens is 1. The number of carbonyl (C=O) groups is 2. The number of hydrogen-bond donors (Lipinski definition) is 2. The number of hydrogen-bond acceptors (Lipinski definition) is 4. The Labute approximate surface area is 169 Å². The fraction of sp³-hybridized carbons (Fsp3) is 0.333. The molecule has 0 heterocycles. The van der Waals surface area contributed by atoms with Gasteiger partial charge in [0.25, 0.3) is 5.91 Å². The molecule has 2 aromatic rings. The van der Waals surface area contributed by atoms with Crippen molar-refractivity contribution in [3.63, 3.8) is 0 Å². The minimum atomic E-state index is -0.618. The Hall–Kier alpha value is -2.54. The molecule has 28 heavy (non-hydrogen) atoms. The Morgan fingerprint density at radius 3 is 2.50 bits per heavy atom. The largest absolute Gasteiger partial charge is 0.484 e. The van der Waals surface area contributed by atoms with Crippen molar-refractivity contribution in [2.75, 3.05) is 25.2 Å². The van der Waals surface area contributed by atoms with Crippen molar-refractivity contribution in [3.8, 4) is 5.75 Å². The highest BCUT2D eigenvalue weighted by Crippen LogP contribution is 2.08. The highest BCUT2D eigenvalue weighted by atomic mass is 32.2. The van der Waals surface area contributed by atoms with Crippen LogP contribution in [0.5, 0.6) is 5.75 Å². The van der Waals surface area contributed by atoms with Gasteiger partial charge in [0.05, 0.1) is 0 Å². The first-order valence-corrected chi connectivity index (χ1v) is 10.5. The Bertz CT molecular complexity index is 741. The maximum absolute atomic E-state index is 12.9. The molecule has 2 N–H and O–H groups in total. The first-order chi connectivity index (χ1) is 13.6. The van der Waals surface area contributed by atoms with Gasteiger partial charge in [-0.15, -0.1) is 0 Å². The topological polar surface area (TPSA) is 67.4 Å². The van der Waals surface area contributed by atoms with Crippen LogP contribution in [0.25, 0.3) is 0 Å². The van der Waals surface area contributed by atoms with E-state index in [1.54, 1.807) is 36.0 Å². The molecule has 2 amide bonds. The smallest absolute Gasteiger partial charge is 0.258 e. The number of thioether (sulfide) groups is 1. The molecule has 0 aliphatic rings. The van der Waals surface area contributed by atoms with E-state index in [2.05, 4.69) is 10.6 Å². The lowest BCUT2D eigenvalue weighted by molar-refractivity contribution is -0.130. The minimum absolute atomic E-state index is 0.150. The maximum Gasteiger partial charge on any atom is 0.258 e. The fourth-order valence-corrected chi connectivity index (χ4v) is 2.98. The van der Waals surface area contributed by atoms with E-state index in [4.69, 9.17) is 4.74 Å². The molecule has 2 aromatic carbocycles. The summed E-state index contributed by atoms with van der Waals surface area (Å²) in [6.45, 7) is 0.263. The zero-order valence-electron chi connectivity index (χ0n) is 15.8. The lowest BCUT2D eigenvalue weighted by Gasteiger charge is -2.18. The third-order valence-electron chi connectivity index (χ3n) is 4.00. The van der Waals surface area contributed by atoms with E-state index in [1.807, 2.05) is 24.5 Å². The van der Waals surface area contributed by atoms with Crippen molar-refractivity contribution in [2.24, 2.45) is 0 Å². The molecule has 1 atom stereocenters. The van der Waals surface area contributed by atoms with Crippen LogP contribution in [0.2, 0.25) is 0 Å². The van der Waals surface area contributed by atoms with Crippen molar-refractivity contribution in [1.82, 2.24) is 10.6 Å². The molecule has 0 fully saturated rings. The Balaban J connectivity index is 1.80. The zero-order valence-corrected chi connectivity index (χ0v) is 16.6. The van der Waals surface area contributed by atoms with Gasteiger partial charge in [-0.2, -0.15) is 11.8 Å². The Kier molecular flexibility index (Phi) is 9.34. The van der Waals surface area contributed by atoms with Crippen molar-refractivity contribution >= 4 is 23.6 Å². The normalized spacial score (nSPS) is 11.5. The molecule has 150 valence electrons. The summed E-state index contributed by atoms with van der Waals surface area (Å²) in [5, 5.41) is 5.58. The average Bonchev–Trinajstić information content (AvgIpc) is 2.71. The quantitative estimate of drug-likeness (QED) is 0.604. The molecule has 0 saturated carbocycles. The average molecular weight is 405 g/mol. The van der Waals surface area contributed by atoms with Crippen molar-refractivity contribution in [1.29, 1.82) is 0 Å². The predicted octanol–water partition coefficient (Wildman–Crippen LogP) is 2.80. The van der Waals surface area contributed by atoms with Gasteiger partial charge in [-0.05, 0) is 54.7 Å². The van der Waals surface area contributed by atoms with Crippen LogP contribution in [-0.2, 0) is 16.0 Å². The van der Waals surface area contributed by atoms with Crippen LogP contribution in [0.15, 0.2) is 54.6 Å². The summed E-state index contributed by atoms with van der Waals surface area (Å²) in [5.41, 5.74) is 0.933. The minimum Gasteiger partial charge on any atom is -0.484 e. The number of benzene rings is 2. The van der Waals surface area contributed by atoms with Gasteiger partial charge in [-0.3, -0.25) is 9.59 Å². The van der Waals surface area contributed by atoms with E-state index in [9.17, 15) is 14.0 Å². The molecular formula is C21H25FN2O3S. The molecule has 2 rings (SSSR count). The second-order valence-electron chi connectivity index (χ2n) is 6.17. The third kappa shape index (κ3) is 8.00. The van der Waals surface area contributed by atoms with Crippen molar-refractivity contribution in [3.05, 3.63) is 66.0 Å². The lowest BCUT2D eigenvalue weighted by Crippen LogP contribution is -2.48. The number of rotatable bonds is 11. The van der Waals surface area contributed by atoms with Gasteiger partial charge in [-0.1, -0.05) is 30.3 Å². The van der Waals surface area contributed by atoms with Gasteiger partial charge in [0.15, 0.2) is 6.61 Å². The maximum atomic E-state index is 12.9. The summed E-state index contributed by atoms with van der Waals surface area (Å²) in [4.78, 5) is 24.6. The summed E-state index contributed by atoms with van der Waals surface area (Å²) < 4.78 is 18.4. The van der Waals surface area contributed by atoms with Crippen LogP contribution in [0.3, 0.4) is 0 Å². The van der Waals surface area contributed by atoms with Gasteiger partial charge in [0.2, 0.25) is 5.91 Å². The molecule has 0 aromatic heterocycles. The summed E-state index contributed by atoms with van der Waals surface area (Å²) in [6.07, 6.45) is 3.07. The summed E-state index contributed by atoms with van der Waals surface area (Å²) in [6, 6.07) is 14.6. The number of nitrogens with one attached hydrogen (secondary N) is 2. The number of amides is 2. The van der Waals surface area contributed by atoms with Crippen LogP contribution in [0.1, 0.15) is 12.0 Å². The van der Waals surface area contributed by atoms with Crippen molar-refractivity contribution < 1.29 is 18.7 Å². The summed E-state index contributed by atoms with van der Waals surface area (Å²) in [7, 11) is 0. The number of carbonyl (C=O) groups excluding carboxylic acids is 2. The van der Waals surface area contributed by atoms with E-state index >= 15 is 0 Å². The van der Waals surface area contributed by atoms with Crippen LogP contribution in [0, 0.1) is 5.82 Å². The molecule has 5 nitrogen and oxygen atoms in total. The second kappa shape index (κ2) is 12.0. The molecule has 7 heteroatoms. The van der Waals surface area contributed by atoms with Gasteiger partial charge < -0.3 is 15.4 Å². The van der Waals surface area contributed by atoms with E-state index < -0.39 is 6.04 Å². The highest BCUT2D eigenvalue weighted by Gasteiger charge is 2.20. The standard InChI is InChI=1S/C21H25FN2O3S/c1-28-14-12-19(24-20(25)15-27-18-5-3-2-4-6-18)21(26)23-13-11-16-7-9-17(22)10-8-16/h2-10,19H,11-15H2,1H3,(H,23,26)(H,24,25)/t19-/m1/s1. The van der Waals surface area contributed by atoms with E-state index in [0.29, 0.717) is 25.1 Å². The van der Waals surface area contributed by atoms with Gasteiger partial charge in [0.1, 0.15) is 17.6 Å². The van der Waals surface area contributed by atoms with Crippen LogP contribution in [0.4, 0.5) is 4.39 Å². The SMILES string of the molecule is CSCC[C@@H](NC(=O)COc1ccccc1)C(=O)NCCc1ccc(F)cc1. The summed E-state index contributed by atoms with van der Waals surface area (Å²) in [5.74, 6) is 0.482. The lowest BCUT2D eigenvalue weighted by atomic mass is 10.1. The van der Waals surface area contributed by atoms with Gasteiger partial charge in [0, 0.05) is 6.54 Å². The first kappa shape index (κ1) is 21.8. The monoisotopic (exact) mass is 404 g/mol. The highest BCUT2D eigenvalue weighted by molar-refractivity contribution is 7.98. The zero-order chi connectivity index (χ0) is 20.2. The first-order valence-electron chi connectivity index (χ1n) is 9.07. The molecule has 0 unspecified atom stereocenters. The molecule has 0 aliphatic carbocycles. The van der Waals surface area contributed by atoms with E-state index in [0.717, 1.165) is 11.3 Å². The third-order valence-corrected chi connectivity index (χ3v) is 4.65. The molecule has 0 radical (unpaired) electrons. The molecule has 0 bridgehead atoms. The van der Waals surface area contributed by atoms with Gasteiger partial charge >= 0.3 is 0 Å². The Morgan fingerprint density at radius 2 is 1.82 bits per heavy atom. The number of para-hydroxylation sites is 1. The Morgan fingerprint density at radius 1 is 1.11 bits per heavy atom. The van der Waals surface area contributed by atoms with Crippen LogP contribution < -0.4 is 15.4 Å².